The minimum atomic E-state index is -0.309. The number of halogens is 2. The predicted octanol–water partition coefficient (Wildman–Crippen LogP) is 3.98. The number of benzene rings is 1. The van der Waals surface area contributed by atoms with Crippen LogP contribution in [0.5, 0.6) is 5.75 Å². The maximum Gasteiger partial charge on any atom is 0.135 e. The molecule has 0 N–H and O–H groups in total. The standard InChI is InChI=1S/C14H16ClFO/c1-3-11(2)17-14-8-7-13(16)10-12(14)6-4-5-9-15/h7-8,10-11H,3,5,9H2,1-2H3. The average Bonchev–Trinajstić information content (AvgIpc) is 2.32. The fourth-order valence-corrected chi connectivity index (χ4v) is 1.30. The molecule has 0 aromatic heterocycles. The van der Waals surface area contributed by atoms with Crippen molar-refractivity contribution in [2.24, 2.45) is 0 Å². The Morgan fingerprint density at radius 1 is 1.47 bits per heavy atom. The summed E-state index contributed by atoms with van der Waals surface area (Å²) in [6.45, 7) is 4.01. The third kappa shape index (κ3) is 4.66. The van der Waals surface area contributed by atoms with Gasteiger partial charge < -0.3 is 4.74 Å². The zero-order chi connectivity index (χ0) is 12.7. The lowest BCUT2D eigenvalue weighted by Gasteiger charge is -2.13. The zero-order valence-electron chi connectivity index (χ0n) is 10.1. The third-order valence-electron chi connectivity index (χ3n) is 2.29. The number of alkyl halides is 1. The molecule has 1 nitrogen and oxygen atoms in total. The summed E-state index contributed by atoms with van der Waals surface area (Å²) in [6, 6.07) is 4.38. The van der Waals surface area contributed by atoms with Crippen molar-refractivity contribution in [3.05, 3.63) is 29.6 Å². The number of ether oxygens (including phenoxy) is 1. The van der Waals surface area contributed by atoms with E-state index in [1.54, 1.807) is 6.07 Å². The quantitative estimate of drug-likeness (QED) is 0.583. The van der Waals surface area contributed by atoms with Gasteiger partial charge >= 0.3 is 0 Å². The molecule has 0 heterocycles. The van der Waals surface area contributed by atoms with Gasteiger partial charge in [0.25, 0.3) is 0 Å². The van der Waals surface area contributed by atoms with E-state index < -0.39 is 0 Å². The molecule has 1 atom stereocenters. The first-order valence-electron chi connectivity index (χ1n) is 5.68. The van der Waals surface area contributed by atoms with Crippen LogP contribution in [0.4, 0.5) is 4.39 Å². The van der Waals surface area contributed by atoms with Gasteiger partial charge in [-0.05, 0) is 31.5 Å². The van der Waals surface area contributed by atoms with Crippen molar-refractivity contribution in [3.8, 4) is 17.6 Å². The highest BCUT2D eigenvalue weighted by Crippen LogP contribution is 2.20. The lowest BCUT2D eigenvalue weighted by molar-refractivity contribution is 0.216. The van der Waals surface area contributed by atoms with Gasteiger partial charge in [-0.3, -0.25) is 0 Å². The van der Waals surface area contributed by atoms with Crippen molar-refractivity contribution in [1.82, 2.24) is 0 Å². The summed E-state index contributed by atoms with van der Waals surface area (Å²) in [6.07, 6.45) is 1.57. The topological polar surface area (TPSA) is 9.23 Å². The molecule has 0 bridgehead atoms. The number of hydrogen-bond acceptors (Lipinski definition) is 1. The van der Waals surface area contributed by atoms with E-state index in [1.165, 1.54) is 12.1 Å². The molecule has 1 aromatic carbocycles. The maximum atomic E-state index is 13.1. The second-order valence-electron chi connectivity index (χ2n) is 3.72. The molecule has 0 radical (unpaired) electrons. The predicted molar refractivity (Wildman–Crippen MR) is 69.0 cm³/mol. The van der Waals surface area contributed by atoms with E-state index >= 15 is 0 Å². The van der Waals surface area contributed by atoms with Crippen LogP contribution in [-0.4, -0.2) is 12.0 Å². The summed E-state index contributed by atoms with van der Waals surface area (Å²) >= 11 is 5.54. The summed E-state index contributed by atoms with van der Waals surface area (Å²) in [4.78, 5) is 0. The van der Waals surface area contributed by atoms with Crippen molar-refractivity contribution < 1.29 is 9.13 Å². The van der Waals surface area contributed by atoms with Gasteiger partial charge in [0.05, 0.1) is 11.7 Å². The molecule has 0 aliphatic heterocycles. The fraction of sp³-hybridized carbons (Fsp3) is 0.429. The molecule has 92 valence electrons. The van der Waals surface area contributed by atoms with Crippen LogP contribution >= 0.6 is 11.6 Å². The minimum absolute atomic E-state index is 0.0917. The lowest BCUT2D eigenvalue weighted by atomic mass is 10.2. The van der Waals surface area contributed by atoms with Crippen molar-refractivity contribution in [1.29, 1.82) is 0 Å². The van der Waals surface area contributed by atoms with Crippen LogP contribution in [0.3, 0.4) is 0 Å². The van der Waals surface area contributed by atoms with Crippen molar-refractivity contribution in [2.75, 3.05) is 5.88 Å². The third-order valence-corrected chi connectivity index (χ3v) is 2.48. The van der Waals surface area contributed by atoms with E-state index in [0.717, 1.165) is 6.42 Å². The van der Waals surface area contributed by atoms with E-state index in [9.17, 15) is 4.39 Å². The summed E-state index contributed by atoms with van der Waals surface area (Å²) in [5, 5.41) is 0. The maximum absolute atomic E-state index is 13.1. The molecule has 17 heavy (non-hydrogen) atoms. The molecular formula is C14H16ClFO. The van der Waals surface area contributed by atoms with Gasteiger partial charge in [0.1, 0.15) is 11.6 Å². The molecule has 0 amide bonds. The van der Waals surface area contributed by atoms with Crippen molar-refractivity contribution >= 4 is 11.6 Å². The second-order valence-corrected chi connectivity index (χ2v) is 4.10. The van der Waals surface area contributed by atoms with Crippen LogP contribution in [0.15, 0.2) is 18.2 Å². The van der Waals surface area contributed by atoms with Gasteiger partial charge in [0, 0.05) is 12.3 Å². The highest BCUT2D eigenvalue weighted by atomic mass is 35.5. The zero-order valence-corrected chi connectivity index (χ0v) is 10.9. The Morgan fingerprint density at radius 3 is 2.88 bits per heavy atom. The first kappa shape index (κ1) is 13.9. The Hall–Kier alpha value is -1.20. The molecule has 1 aromatic rings. The SMILES string of the molecule is CCC(C)Oc1ccc(F)cc1C#CCCCl. The Bertz CT molecular complexity index is 420. The number of rotatable bonds is 4. The summed E-state index contributed by atoms with van der Waals surface area (Å²) < 4.78 is 18.8. The smallest absolute Gasteiger partial charge is 0.135 e. The molecule has 1 rings (SSSR count). The molecule has 0 saturated heterocycles. The molecule has 0 saturated carbocycles. The highest BCUT2D eigenvalue weighted by Gasteiger charge is 2.06. The molecule has 3 heteroatoms. The molecule has 1 unspecified atom stereocenters. The summed E-state index contributed by atoms with van der Waals surface area (Å²) in [5.41, 5.74) is 0.579. The molecule has 0 spiro atoms. The van der Waals surface area contributed by atoms with Crippen LogP contribution in [0, 0.1) is 17.7 Å². The monoisotopic (exact) mass is 254 g/mol. The summed E-state index contributed by atoms with van der Waals surface area (Å²) in [7, 11) is 0. The Labute approximate surface area is 107 Å². The first-order valence-corrected chi connectivity index (χ1v) is 6.21. The highest BCUT2D eigenvalue weighted by molar-refractivity contribution is 6.18. The Morgan fingerprint density at radius 2 is 2.24 bits per heavy atom. The van der Waals surface area contributed by atoms with Crippen molar-refractivity contribution in [3.63, 3.8) is 0 Å². The van der Waals surface area contributed by atoms with Crippen LogP contribution in [-0.2, 0) is 0 Å². The van der Waals surface area contributed by atoms with Gasteiger partial charge in [0.2, 0.25) is 0 Å². The van der Waals surface area contributed by atoms with Crippen LogP contribution in [0.25, 0.3) is 0 Å². The van der Waals surface area contributed by atoms with Crippen molar-refractivity contribution in [2.45, 2.75) is 32.8 Å². The Kier molecular flexibility index (Phi) is 5.86. The summed E-state index contributed by atoms with van der Waals surface area (Å²) in [5.74, 6) is 6.56. The molecular weight excluding hydrogens is 239 g/mol. The largest absolute Gasteiger partial charge is 0.489 e. The fourth-order valence-electron chi connectivity index (χ4n) is 1.21. The molecule has 0 aliphatic carbocycles. The van der Waals surface area contributed by atoms with E-state index in [-0.39, 0.29) is 11.9 Å². The van der Waals surface area contributed by atoms with Gasteiger partial charge in [-0.2, -0.15) is 0 Å². The van der Waals surface area contributed by atoms with Crippen LogP contribution in [0.2, 0.25) is 0 Å². The van der Waals surface area contributed by atoms with Gasteiger partial charge in [-0.1, -0.05) is 18.8 Å². The van der Waals surface area contributed by atoms with Crippen LogP contribution in [0.1, 0.15) is 32.3 Å². The van der Waals surface area contributed by atoms with Gasteiger partial charge in [0.15, 0.2) is 0 Å². The molecule has 0 fully saturated rings. The van der Waals surface area contributed by atoms with Gasteiger partial charge in [-0.15, -0.1) is 11.6 Å². The Balaban J connectivity index is 2.92. The number of hydrogen-bond donors (Lipinski definition) is 0. The average molecular weight is 255 g/mol. The van der Waals surface area contributed by atoms with Crippen LogP contribution < -0.4 is 4.74 Å². The van der Waals surface area contributed by atoms with E-state index in [4.69, 9.17) is 16.3 Å². The van der Waals surface area contributed by atoms with E-state index in [2.05, 4.69) is 11.8 Å². The van der Waals surface area contributed by atoms with E-state index in [1.807, 2.05) is 13.8 Å². The lowest BCUT2D eigenvalue weighted by Crippen LogP contribution is -2.10. The van der Waals surface area contributed by atoms with E-state index in [0.29, 0.717) is 23.6 Å². The normalized spacial score (nSPS) is 11.5. The van der Waals surface area contributed by atoms with Gasteiger partial charge in [-0.25, -0.2) is 4.39 Å². The first-order chi connectivity index (χ1) is 8.17. The second kappa shape index (κ2) is 7.19. The molecule has 0 aliphatic rings. The minimum Gasteiger partial charge on any atom is -0.489 e.